The molecule has 1 saturated carbocycles. The lowest BCUT2D eigenvalue weighted by atomic mass is 10.0. The predicted octanol–water partition coefficient (Wildman–Crippen LogP) is 2.22. The third-order valence-electron chi connectivity index (χ3n) is 2.42. The van der Waals surface area contributed by atoms with Crippen molar-refractivity contribution in [2.75, 3.05) is 0 Å². The average molecular weight is 173 g/mol. The normalized spacial score (nSPS) is 15.3. The van der Waals surface area contributed by atoms with Crippen molar-refractivity contribution < 1.29 is 5.11 Å². The monoisotopic (exact) mass is 173 g/mol. The van der Waals surface area contributed by atoms with E-state index in [0.717, 1.165) is 17.9 Å². The summed E-state index contributed by atoms with van der Waals surface area (Å²) in [5.74, 6) is 0.952. The predicted molar refractivity (Wildman–Crippen MR) is 49.2 cm³/mol. The van der Waals surface area contributed by atoms with Gasteiger partial charge in [0.2, 0.25) is 0 Å². The van der Waals surface area contributed by atoms with Gasteiger partial charge in [0.15, 0.2) is 0 Å². The highest BCUT2D eigenvalue weighted by Crippen LogP contribution is 2.33. The van der Waals surface area contributed by atoms with Crippen molar-refractivity contribution in [1.29, 1.82) is 5.26 Å². The molecule has 0 amide bonds. The first-order valence-corrected chi connectivity index (χ1v) is 4.51. The Labute approximate surface area is 77.4 Å². The summed E-state index contributed by atoms with van der Waals surface area (Å²) in [4.78, 5) is 0. The first-order valence-electron chi connectivity index (χ1n) is 4.51. The Hall–Kier alpha value is -1.49. The van der Waals surface area contributed by atoms with Gasteiger partial charge in [-0.1, -0.05) is 6.07 Å². The summed E-state index contributed by atoms with van der Waals surface area (Å²) in [6, 6.07) is 7.15. The third-order valence-corrected chi connectivity index (χ3v) is 2.42. The molecule has 1 N–H and O–H groups in total. The minimum Gasteiger partial charge on any atom is -0.508 e. The zero-order valence-electron chi connectivity index (χ0n) is 7.33. The number of aromatic hydroxyl groups is 1. The second kappa shape index (κ2) is 3.10. The quantitative estimate of drug-likeness (QED) is 0.745. The minimum absolute atomic E-state index is 0.177. The van der Waals surface area contributed by atoms with Gasteiger partial charge in [-0.2, -0.15) is 5.26 Å². The number of nitrogens with zero attached hydrogens (tertiary/aromatic N) is 1. The molecule has 13 heavy (non-hydrogen) atoms. The lowest BCUT2D eigenvalue weighted by molar-refractivity contribution is 0.475. The van der Waals surface area contributed by atoms with Crippen LogP contribution < -0.4 is 0 Å². The van der Waals surface area contributed by atoms with Gasteiger partial charge >= 0.3 is 0 Å². The second-order valence-electron chi connectivity index (χ2n) is 3.60. The van der Waals surface area contributed by atoms with Gasteiger partial charge in [0.05, 0.1) is 11.6 Å². The molecule has 1 aliphatic rings. The average Bonchev–Trinajstić information content (AvgIpc) is 2.92. The highest BCUT2D eigenvalue weighted by Gasteiger charge is 2.22. The molecule has 0 saturated heterocycles. The minimum atomic E-state index is 0.177. The summed E-state index contributed by atoms with van der Waals surface area (Å²) in [5, 5.41) is 18.0. The molecule has 2 rings (SSSR count). The van der Waals surface area contributed by atoms with Crippen molar-refractivity contribution in [2.24, 2.45) is 5.92 Å². The molecule has 1 fully saturated rings. The van der Waals surface area contributed by atoms with Crippen molar-refractivity contribution in [2.45, 2.75) is 19.3 Å². The van der Waals surface area contributed by atoms with E-state index in [2.05, 4.69) is 6.07 Å². The van der Waals surface area contributed by atoms with Crippen molar-refractivity contribution in [3.8, 4) is 11.8 Å². The first kappa shape index (κ1) is 8.12. The Kier molecular flexibility index (Phi) is 1.94. The zero-order valence-corrected chi connectivity index (χ0v) is 7.33. The van der Waals surface area contributed by atoms with Crippen LogP contribution in [0.1, 0.15) is 24.0 Å². The Morgan fingerprint density at radius 1 is 1.46 bits per heavy atom. The van der Waals surface area contributed by atoms with E-state index >= 15 is 0 Å². The molecule has 0 radical (unpaired) electrons. The topological polar surface area (TPSA) is 44.0 Å². The Morgan fingerprint density at radius 3 is 2.85 bits per heavy atom. The number of phenolic OH excluding ortho intramolecular Hbond substituents is 1. The van der Waals surface area contributed by atoms with Crippen molar-refractivity contribution in [3.63, 3.8) is 0 Å². The molecule has 2 heteroatoms. The fraction of sp³-hybridized carbons (Fsp3) is 0.364. The van der Waals surface area contributed by atoms with Crippen LogP contribution in [0.4, 0.5) is 0 Å². The standard InChI is InChI=1S/C11H11NO/c12-7-10-6-11(13)4-3-9(10)5-8-1-2-8/h3-4,6,8,13H,1-2,5H2. The van der Waals surface area contributed by atoms with Gasteiger partial charge in [0.25, 0.3) is 0 Å². The van der Waals surface area contributed by atoms with Crippen molar-refractivity contribution in [1.82, 2.24) is 0 Å². The van der Waals surface area contributed by atoms with E-state index < -0.39 is 0 Å². The fourth-order valence-corrected chi connectivity index (χ4v) is 1.48. The summed E-state index contributed by atoms with van der Waals surface area (Å²) < 4.78 is 0. The van der Waals surface area contributed by atoms with Crippen LogP contribution in [0, 0.1) is 17.2 Å². The van der Waals surface area contributed by atoms with E-state index in [1.54, 1.807) is 6.07 Å². The maximum absolute atomic E-state index is 9.17. The van der Waals surface area contributed by atoms with Crippen LogP contribution in [0.5, 0.6) is 5.75 Å². The maximum Gasteiger partial charge on any atom is 0.116 e. The second-order valence-corrected chi connectivity index (χ2v) is 3.60. The van der Waals surface area contributed by atoms with Crippen LogP contribution in [-0.4, -0.2) is 5.11 Å². The summed E-state index contributed by atoms with van der Waals surface area (Å²) >= 11 is 0. The maximum atomic E-state index is 9.17. The number of phenols is 1. The third kappa shape index (κ3) is 1.81. The molecule has 1 aliphatic carbocycles. The Balaban J connectivity index is 2.27. The van der Waals surface area contributed by atoms with E-state index in [1.165, 1.54) is 18.9 Å². The zero-order chi connectivity index (χ0) is 9.26. The summed E-state index contributed by atoms with van der Waals surface area (Å²) in [5.41, 5.74) is 1.69. The van der Waals surface area contributed by atoms with Crippen molar-refractivity contribution in [3.05, 3.63) is 29.3 Å². The van der Waals surface area contributed by atoms with E-state index in [4.69, 9.17) is 10.4 Å². The molecule has 0 spiro atoms. The molecule has 0 bridgehead atoms. The van der Waals surface area contributed by atoms with Gasteiger partial charge in [-0.25, -0.2) is 0 Å². The molecule has 1 aromatic carbocycles. The van der Waals surface area contributed by atoms with Crippen LogP contribution in [0.3, 0.4) is 0 Å². The van der Waals surface area contributed by atoms with E-state index in [1.807, 2.05) is 6.07 Å². The van der Waals surface area contributed by atoms with E-state index in [9.17, 15) is 0 Å². The molecule has 0 heterocycles. The molecular formula is C11H11NO. The first-order chi connectivity index (χ1) is 6.29. The summed E-state index contributed by atoms with van der Waals surface area (Å²) in [7, 11) is 0. The van der Waals surface area contributed by atoms with Gasteiger partial charge in [-0.3, -0.25) is 0 Å². The SMILES string of the molecule is N#Cc1cc(O)ccc1CC1CC1. The van der Waals surface area contributed by atoms with Gasteiger partial charge < -0.3 is 5.11 Å². The number of benzene rings is 1. The molecule has 2 nitrogen and oxygen atoms in total. The molecular weight excluding hydrogens is 162 g/mol. The van der Waals surface area contributed by atoms with Gasteiger partial charge in [-0.05, 0) is 42.9 Å². The lowest BCUT2D eigenvalue weighted by Gasteiger charge is -2.02. The molecule has 0 aliphatic heterocycles. The Morgan fingerprint density at radius 2 is 2.23 bits per heavy atom. The molecule has 66 valence electrons. The van der Waals surface area contributed by atoms with E-state index in [-0.39, 0.29) is 5.75 Å². The van der Waals surface area contributed by atoms with Gasteiger partial charge in [0.1, 0.15) is 5.75 Å². The summed E-state index contributed by atoms with van der Waals surface area (Å²) in [6.07, 6.45) is 3.56. The van der Waals surface area contributed by atoms with Crippen LogP contribution in [-0.2, 0) is 6.42 Å². The summed E-state index contributed by atoms with van der Waals surface area (Å²) in [6.45, 7) is 0. The molecule has 0 unspecified atom stereocenters. The van der Waals surface area contributed by atoms with Crippen LogP contribution >= 0.6 is 0 Å². The van der Waals surface area contributed by atoms with Gasteiger partial charge in [0, 0.05) is 0 Å². The highest BCUT2D eigenvalue weighted by molar-refractivity contribution is 5.43. The number of hydrogen-bond donors (Lipinski definition) is 1. The van der Waals surface area contributed by atoms with Crippen molar-refractivity contribution >= 4 is 0 Å². The highest BCUT2D eigenvalue weighted by atomic mass is 16.3. The molecule has 1 aromatic rings. The number of hydrogen-bond acceptors (Lipinski definition) is 2. The largest absolute Gasteiger partial charge is 0.508 e. The molecule has 0 atom stereocenters. The smallest absolute Gasteiger partial charge is 0.116 e. The Bertz CT molecular complexity index is 361. The van der Waals surface area contributed by atoms with Crippen LogP contribution in [0.25, 0.3) is 0 Å². The van der Waals surface area contributed by atoms with Crippen LogP contribution in [0.15, 0.2) is 18.2 Å². The van der Waals surface area contributed by atoms with E-state index in [0.29, 0.717) is 5.56 Å². The number of rotatable bonds is 2. The van der Waals surface area contributed by atoms with Crippen LogP contribution in [0.2, 0.25) is 0 Å². The fourth-order valence-electron chi connectivity index (χ4n) is 1.48. The molecule has 0 aromatic heterocycles. The lowest BCUT2D eigenvalue weighted by Crippen LogP contribution is -1.91. The van der Waals surface area contributed by atoms with Gasteiger partial charge in [-0.15, -0.1) is 0 Å². The number of nitriles is 1.